The van der Waals surface area contributed by atoms with Gasteiger partial charge in [-0.05, 0) is 6.08 Å². The van der Waals surface area contributed by atoms with E-state index < -0.39 is 3.79 Å². The van der Waals surface area contributed by atoms with E-state index in [-0.39, 0.29) is 0 Å². The average Bonchev–Trinajstić information content (AvgIpc) is 1.59. The summed E-state index contributed by atoms with van der Waals surface area (Å²) in [4.78, 5) is 0. The van der Waals surface area contributed by atoms with Crippen LogP contribution in [0.4, 0.5) is 0 Å². The molecule has 0 rings (SSSR count). The molecule has 0 aromatic rings. The number of hydrogen-bond donors (Lipinski definition) is 1. The van der Waals surface area contributed by atoms with Crippen LogP contribution >= 0.6 is 47.4 Å². The van der Waals surface area contributed by atoms with Crippen LogP contribution in [0, 0.1) is 0 Å². The second kappa shape index (κ2) is 3.89. The van der Waals surface area contributed by atoms with Crippen LogP contribution in [0.25, 0.3) is 0 Å². The van der Waals surface area contributed by atoms with Gasteiger partial charge < -0.3 is 0 Å². The Bertz CT molecular complexity index is 83.8. The van der Waals surface area contributed by atoms with E-state index in [0.717, 1.165) is 0 Å². The summed E-state index contributed by atoms with van der Waals surface area (Å²) < 4.78 is -1.26. The predicted octanol–water partition coefficient (Wildman–Crippen LogP) is 2.84. The van der Waals surface area contributed by atoms with Crippen LogP contribution in [0.3, 0.4) is 0 Å². The van der Waals surface area contributed by atoms with Gasteiger partial charge in [0, 0.05) is 5.75 Å². The van der Waals surface area contributed by atoms with E-state index in [0.29, 0.717) is 5.75 Å². The first-order valence-corrected chi connectivity index (χ1v) is 3.68. The van der Waals surface area contributed by atoms with Crippen LogP contribution in [-0.2, 0) is 0 Å². The molecule has 0 nitrogen and oxygen atoms in total. The van der Waals surface area contributed by atoms with Crippen molar-refractivity contribution in [1.29, 1.82) is 0 Å². The Balaban J connectivity index is 3.52. The number of thiol groups is 1. The van der Waals surface area contributed by atoms with Gasteiger partial charge in [-0.3, -0.25) is 0 Å². The van der Waals surface area contributed by atoms with E-state index >= 15 is 0 Å². The maximum absolute atomic E-state index is 5.32. The Morgan fingerprint density at radius 1 is 1.38 bits per heavy atom. The molecule has 0 aliphatic rings. The first kappa shape index (κ1) is 8.96. The molecule has 0 aromatic heterocycles. The molecule has 0 saturated carbocycles. The third-order valence-electron chi connectivity index (χ3n) is 0.412. The molecule has 0 bridgehead atoms. The molecule has 0 fully saturated rings. The molecule has 0 aliphatic carbocycles. The molecule has 0 spiro atoms. The number of alkyl halides is 3. The predicted molar refractivity (Wildman–Crippen MR) is 43.3 cm³/mol. The highest BCUT2D eigenvalue weighted by Gasteiger charge is 2.12. The van der Waals surface area contributed by atoms with Crippen molar-refractivity contribution in [3.05, 3.63) is 12.2 Å². The fourth-order valence-corrected chi connectivity index (χ4v) is 0.559. The third-order valence-corrected chi connectivity index (χ3v) is 1.00. The highest BCUT2D eigenvalue weighted by molar-refractivity contribution is 7.80. The highest BCUT2D eigenvalue weighted by atomic mass is 35.6. The molecule has 0 unspecified atom stereocenters. The summed E-state index contributed by atoms with van der Waals surface area (Å²) in [5.41, 5.74) is 0. The summed E-state index contributed by atoms with van der Waals surface area (Å²) in [6.45, 7) is 0. The van der Waals surface area contributed by atoms with Crippen LogP contribution < -0.4 is 0 Å². The van der Waals surface area contributed by atoms with Gasteiger partial charge in [-0.2, -0.15) is 12.6 Å². The van der Waals surface area contributed by atoms with Crippen LogP contribution in [0.5, 0.6) is 0 Å². The largest absolute Gasteiger partial charge is 0.209 e. The van der Waals surface area contributed by atoms with Gasteiger partial charge in [0.2, 0.25) is 3.79 Å². The Hall–Kier alpha value is 0.960. The standard InChI is InChI=1S/C4H5Cl3S/c5-4(6,7)2-1-3-8/h1-2,8H,3H2/b2-1+. The molecule has 0 N–H and O–H groups in total. The summed E-state index contributed by atoms with van der Waals surface area (Å²) in [5, 5.41) is 0. The summed E-state index contributed by atoms with van der Waals surface area (Å²) in [6, 6.07) is 0. The first-order valence-electron chi connectivity index (χ1n) is 1.91. The summed E-state index contributed by atoms with van der Waals surface area (Å²) >= 11 is 19.8. The summed E-state index contributed by atoms with van der Waals surface area (Å²) in [6.07, 6.45) is 3.14. The fourth-order valence-electron chi connectivity index (χ4n) is 0.186. The maximum Gasteiger partial charge on any atom is 0.209 e. The van der Waals surface area contributed by atoms with Crippen molar-refractivity contribution >= 4 is 47.4 Å². The van der Waals surface area contributed by atoms with Crippen molar-refractivity contribution in [3.63, 3.8) is 0 Å². The number of hydrogen-bond acceptors (Lipinski definition) is 1. The quantitative estimate of drug-likeness (QED) is 0.368. The molecule has 0 radical (unpaired) electrons. The zero-order valence-electron chi connectivity index (χ0n) is 3.94. The number of halogens is 3. The molecule has 0 amide bonds. The Kier molecular flexibility index (Phi) is 4.35. The second-order valence-electron chi connectivity index (χ2n) is 1.13. The second-order valence-corrected chi connectivity index (χ2v) is 3.86. The van der Waals surface area contributed by atoms with Gasteiger partial charge in [-0.25, -0.2) is 0 Å². The SMILES string of the molecule is SC/C=C/C(Cl)(Cl)Cl. The monoisotopic (exact) mass is 190 g/mol. The maximum atomic E-state index is 5.32. The van der Waals surface area contributed by atoms with Crippen LogP contribution in [0.2, 0.25) is 0 Å². The molecular weight excluding hydrogens is 186 g/mol. The summed E-state index contributed by atoms with van der Waals surface area (Å²) in [7, 11) is 0. The van der Waals surface area contributed by atoms with Gasteiger partial charge in [0.05, 0.1) is 0 Å². The van der Waals surface area contributed by atoms with Crippen molar-refractivity contribution in [2.75, 3.05) is 5.75 Å². The lowest BCUT2D eigenvalue weighted by Gasteiger charge is -2.00. The molecule has 0 saturated heterocycles. The van der Waals surface area contributed by atoms with Crippen LogP contribution in [0.1, 0.15) is 0 Å². The molecule has 0 atom stereocenters. The van der Waals surface area contributed by atoms with E-state index in [9.17, 15) is 0 Å². The molecule has 0 heterocycles. The zero-order valence-corrected chi connectivity index (χ0v) is 7.11. The minimum absolute atomic E-state index is 0.591. The van der Waals surface area contributed by atoms with E-state index in [2.05, 4.69) is 12.6 Å². The Morgan fingerprint density at radius 3 is 2.00 bits per heavy atom. The normalized spacial score (nSPS) is 13.0. The minimum Gasteiger partial charge on any atom is -0.175 e. The first-order chi connectivity index (χ1) is 3.56. The smallest absolute Gasteiger partial charge is 0.175 e. The number of rotatable bonds is 1. The van der Waals surface area contributed by atoms with Gasteiger partial charge in [0.15, 0.2) is 0 Å². The van der Waals surface area contributed by atoms with Crippen molar-refractivity contribution in [1.82, 2.24) is 0 Å². The van der Waals surface area contributed by atoms with E-state index in [1.165, 1.54) is 6.08 Å². The van der Waals surface area contributed by atoms with Crippen LogP contribution in [-0.4, -0.2) is 9.55 Å². The molecule has 8 heavy (non-hydrogen) atoms. The molecular formula is C4H5Cl3S. The van der Waals surface area contributed by atoms with Gasteiger partial charge in [0.25, 0.3) is 0 Å². The van der Waals surface area contributed by atoms with E-state index in [1.54, 1.807) is 6.08 Å². The lowest BCUT2D eigenvalue weighted by Crippen LogP contribution is -1.93. The average molecular weight is 192 g/mol. The number of allylic oxidation sites excluding steroid dienone is 1. The van der Waals surface area contributed by atoms with Gasteiger partial charge in [0.1, 0.15) is 0 Å². The van der Waals surface area contributed by atoms with Gasteiger partial charge in [-0.1, -0.05) is 40.9 Å². The van der Waals surface area contributed by atoms with E-state index in [1.807, 2.05) is 0 Å². The minimum atomic E-state index is -1.26. The fraction of sp³-hybridized carbons (Fsp3) is 0.500. The van der Waals surface area contributed by atoms with Gasteiger partial charge >= 0.3 is 0 Å². The molecule has 48 valence electrons. The van der Waals surface area contributed by atoms with Gasteiger partial charge in [-0.15, -0.1) is 0 Å². The highest BCUT2D eigenvalue weighted by Crippen LogP contribution is 2.26. The lowest BCUT2D eigenvalue weighted by atomic mass is 10.6. The van der Waals surface area contributed by atoms with Crippen LogP contribution in [0.15, 0.2) is 12.2 Å². The molecule has 4 heteroatoms. The topological polar surface area (TPSA) is 0 Å². The lowest BCUT2D eigenvalue weighted by molar-refractivity contribution is 1.45. The summed E-state index contributed by atoms with van der Waals surface area (Å²) in [5.74, 6) is 0.591. The molecule has 0 aliphatic heterocycles. The van der Waals surface area contributed by atoms with Crippen molar-refractivity contribution < 1.29 is 0 Å². The van der Waals surface area contributed by atoms with Crippen molar-refractivity contribution in [2.24, 2.45) is 0 Å². The van der Waals surface area contributed by atoms with Crippen molar-refractivity contribution in [3.8, 4) is 0 Å². The molecule has 0 aromatic carbocycles. The van der Waals surface area contributed by atoms with E-state index in [4.69, 9.17) is 34.8 Å². The van der Waals surface area contributed by atoms with Crippen molar-refractivity contribution in [2.45, 2.75) is 3.79 Å². The third kappa shape index (κ3) is 6.96. The zero-order chi connectivity index (χ0) is 6.62. The Labute approximate surface area is 69.2 Å². The Morgan fingerprint density at radius 2 is 1.88 bits per heavy atom.